The van der Waals surface area contributed by atoms with Gasteiger partial charge in [0.2, 0.25) is 0 Å². The zero-order chi connectivity index (χ0) is 28.0. The van der Waals surface area contributed by atoms with E-state index in [4.69, 9.17) is 9.47 Å². The van der Waals surface area contributed by atoms with Gasteiger partial charge in [0.05, 0.1) is 17.9 Å². The predicted octanol–water partition coefficient (Wildman–Crippen LogP) is 7.97. The SMILES string of the molecule is CCOc1cc(C2C3=C(CC(C)(C)CC3=O)Nc3c2ccc2ccccc32)ccc1OC(=O)c1ccc(C)cc1. The van der Waals surface area contributed by atoms with Crippen molar-refractivity contribution in [1.29, 1.82) is 0 Å². The van der Waals surface area contributed by atoms with Crippen LogP contribution in [0.2, 0.25) is 0 Å². The van der Waals surface area contributed by atoms with Gasteiger partial charge in [-0.1, -0.05) is 74.0 Å². The molecule has 4 aromatic rings. The van der Waals surface area contributed by atoms with E-state index in [9.17, 15) is 9.59 Å². The molecule has 5 nitrogen and oxygen atoms in total. The Morgan fingerprint density at radius 3 is 2.50 bits per heavy atom. The van der Waals surface area contributed by atoms with Gasteiger partial charge in [0.1, 0.15) is 0 Å². The van der Waals surface area contributed by atoms with Gasteiger partial charge in [0.15, 0.2) is 17.3 Å². The number of benzene rings is 4. The third-order valence-electron chi connectivity index (χ3n) is 7.85. The van der Waals surface area contributed by atoms with Gasteiger partial charge in [-0.25, -0.2) is 4.79 Å². The molecule has 0 saturated carbocycles. The summed E-state index contributed by atoms with van der Waals surface area (Å²) in [4.78, 5) is 26.6. The quantitative estimate of drug-likeness (QED) is 0.209. The highest BCUT2D eigenvalue weighted by Gasteiger charge is 2.41. The number of ether oxygens (including phenoxy) is 2. The molecule has 1 unspecified atom stereocenters. The molecule has 2 aliphatic rings. The number of ketones is 1. The summed E-state index contributed by atoms with van der Waals surface area (Å²) in [6, 6.07) is 25.5. The van der Waals surface area contributed by atoms with E-state index in [0.717, 1.165) is 50.8 Å². The summed E-state index contributed by atoms with van der Waals surface area (Å²) in [6.45, 7) is 8.58. The summed E-state index contributed by atoms with van der Waals surface area (Å²) in [6.07, 6.45) is 1.29. The highest BCUT2D eigenvalue weighted by molar-refractivity contribution is 6.05. The number of hydrogen-bond acceptors (Lipinski definition) is 5. The number of anilines is 1. The number of fused-ring (bicyclic) bond motifs is 3. The number of allylic oxidation sites excluding steroid dienone is 2. The molecule has 0 bridgehead atoms. The van der Waals surface area contributed by atoms with Crippen molar-refractivity contribution in [2.24, 2.45) is 5.41 Å². The summed E-state index contributed by atoms with van der Waals surface area (Å²) in [5.74, 6) is 0.291. The molecule has 1 atom stereocenters. The Morgan fingerprint density at radius 2 is 1.73 bits per heavy atom. The topological polar surface area (TPSA) is 64.6 Å². The minimum atomic E-state index is -0.443. The van der Waals surface area contributed by atoms with Crippen LogP contribution in [0.15, 0.2) is 90.1 Å². The fourth-order valence-corrected chi connectivity index (χ4v) is 6.01. The van der Waals surface area contributed by atoms with Crippen LogP contribution in [0.1, 0.15) is 66.6 Å². The van der Waals surface area contributed by atoms with Crippen LogP contribution in [0.5, 0.6) is 11.5 Å². The average Bonchev–Trinajstić information content (AvgIpc) is 2.92. The van der Waals surface area contributed by atoms with Gasteiger partial charge in [-0.15, -0.1) is 0 Å². The number of rotatable bonds is 5. The number of aryl methyl sites for hydroxylation is 1. The van der Waals surface area contributed by atoms with Gasteiger partial charge in [-0.3, -0.25) is 4.79 Å². The lowest BCUT2D eigenvalue weighted by Gasteiger charge is -2.40. The van der Waals surface area contributed by atoms with E-state index in [-0.39, 0.29) is 17.1 Å². The number of nitrogens with one attached hydrogen (secondary N) is 1. The van der Waals surface area contributed by atoms with Gasteiger partial charge in [-0.2, -0.15) is 0 Å². The van der Waals surface area contributed by atoms with Gasteiger partial charge >= 0.3 is 5.97 Å². The van der Waals surface area contributed by atoms with Crippen molar-refractivity contribution in [3.8, 4) is 11.5 Å². The molecule has 1 aliphatic heterocycles. The first-order valence-electron chi connectivity index (χ1n) is 13.8. The van der Waals surface area contributed by atoms with Crippen LogP contribution in [0, 0.1) is 12.3 Å². The normalized spacial score (nSPS) is 17.6. The molecule has 1 N–H and O–H groups in total. The third kappa shape index (κ3) is 4.66. The Bertz CT molecular complexity index is 1680. The number of hydrogen-bond donors (Lipinski definition) is 1. The maximum absolute atomic E-state index is 13.7. The second kappa shape index (κ2) is 9.98. The number of carbonyl (C=O) groups is 2. The molecule has 0 aromatic heterocycles. The highest BCUT2D eigenvalue weighted by Crippen LogP contribution is 2.51. The minimum absolute atomic E-state index is 0.125. The molecule has 0 amide bonds. The fraction of sp³-hybridized carbons (Fsp3) is 0.257. The average molecular weight is 532 g/mol. The first-order chi connectivity index (χ1) is 19.2. The molecular weight excluding hydrogens is 498 g/mol. The molecule has 202 valence electrons. The first-order valence-corrected chi connectivity index (χ1v) is 13.8. The van der Waals surface area contributed by atoms with Crippen LogP contribution in [0.3, 0.4) is 0 Å². The van der Waals surface area contributed by atoms with Crippen molar-refractivity contribution < 1.29 is 19.1 Å². The van der Waals surface area contributed by atoms with E-state index < -0.39 is 5.97 Å². The van der Waals surface area contributed by atoms with E-state index >= 15 is 0 Å². The van der Waals surface area contributed by atoms with Crippen molar-refractivity contribution in [2.45, 2.75) is 46.5 Å². The molecule has 0 spiro atoms. The lowest BCUT2D eigenvalue weighted by molar-refractivity contribution is -0.118. The third-order valence-corrected chi connectivity index (χ3v) is 7.85. The fourth-order valence-electron chi connectivity index (χ4n) is 6.01. The van der Waals surface area contributed by atoms with Gasteiger partial charge in [0, 0.05) is 29.0 Å². The number of esters is 1. The smallest absolute Gasteiger partial charge is 0.343 e. The summed E-state index contributed by atoms with van der Waals surface area (Å²) in [5.41, 5.74) is 6.24. The molecule has 40 heavy (non-hydrogen) atoms. The van der Waals surface area contributed by atoms with Gasteiger partial charge < -0.3 is 14.8 Å². The molecular formula is C35H33NO4. The van der Waals surface area contributed by atoms with Gasteiger partial charge in [-0.05, 0) is 66.5 Å². The van der Waals surface area contributed by atoms with E-state index in [0.29, 0.717) is 30.1 Å². The van der Waals surface area contributed by atoms with Crippen LogP contribution in [0.25, 0.3) is 10.8 Å². The standard InChI is InChI=1S/C35H33NO4/c1-5-39-30-18-24(15-17-29(30)40-34(38)23-12-10-21(2)11-13-23)31-26-16-14-22-8-6-7-9-25(22)33(26)36-27-19-35(3,4)20-28(37)32(27)31/h6-18,31,36H,5,19-20H2,1-4H3. The summed E-state index contributed by atoms with van der Waals surface area (Å²) in [7, 11) is 0. The molecule has 0 radical (unpaired) electrons. The number of carbonyl (C=O) groups excluding carboxylic acids is 2. The van der Waals surface area contributed by atoms with Crippen LogP contribution in [0.4, 0.5) is 5.69 Å². The summed E-state index contributed by atoms with van der Waals surface area (Å²) >= 11 is 0. The molecule has 0 fully saturated rings. The van der Waals surface area contributed by atoms with E-state index in [2.05, 4.69) is 43.4 Å². The Balaban J connectivity index is 1.47. The van der Waals surface area contributed by atoms with Crippen molar-refractivity contribution in [3.63, 3.8) is 0 Å². The second-order valence-corrected chi connectivity index (χ2v) is 11.5. The molecule has 1 heterocycles. The number of Topliss-reactive ketones (excluding diaryl/α,β-unsaturated/α-hetero) is 1. The highest BCUT2D eigenvalue weighted by atomic mass is 16.6. The van der Waals surface area contributed by atoms with Crippen LogP contribution in [-0.2, 0) is 4.79 Å². The summed E-state index contributed by atoms with van der Waals surface area (Å²) < 4.78 is 11.8. The van der Waals surface area contributed by atoms with Crippen LogP contribution < -0.4 is 14.8 Å². The van der Waals surface area contributed by atoms with Crippen LogP contribution >= 0.6 is 0 Å². The van der Waals surface area contributed by atoms with Crippen molar-refractivity contribution in [1.82, 2.24) is 0 Å². The van der Waals surface area contributed by atoms with Crippen molar-refractivity contribution in [2.75, 3.05) is 11.9 Å². The molecule has 0 saturated heterocycles. The Labute approximate surface area is 234 Å². The maximum atomic E-state index is 13.7. The monoisotopic (exact) mass is 531 g/mol. The van der Waals surface area contributed by atoms with Crippen molar-refractivity contribution in [3.05, 3.63) is 112 Å². The van der Waals surface area contributed by atoms with E-state index in [1.807, 2.05) is 50.2 Å². The van der Waals surface area contributed by atoms with E-state index in [1.165, 1.54) is 0 Å². The molecule has 4 aromatic carbocycles. The largest absolute Gasteiger partial charge is 0.490 e. The zero-order valence-electron chi connectivity index (χ0n) is 23.3. The van der Waals surface area contributed by atoms with Crippen molar-refractivity contribution >= 4 is 28.2 Å². The van der Waals surface area contributed by atoms with E-state index in [1.54, 1.807) is 18.2 Å². The Morgan fingerprint density at radius 1 is 0.950 bits per heavy atom. The van der Waals surface area contributed by atoms with Crippen LogP contribution in [-0.4, -0.2) is 18.4 Å². The Kier molecular flexibility index (Phi) is 6.46. The zero-order valence-corrected chi connectivity index (χ0v) is 23.3. The first kappa shape index (κ1) is 25.9. The molecule has 6 rings (SSSR count). The van der Waals surface area contributed by atoms with Gasteiger partial charge in [0.25, 0.3) is 0 Å². The lowest BCUT2D eigenvalue weighted by atomic mass is 9.68. The maximum Gasteiger partial charge on any atom is 0.343 e. The molecule has 1 aliphatic carbocycles. The molecule has 5 heteroatoms. The predicted molar refractivity (Wildman–Crippen MR) is 158 cm³/mol. The second-order valence-electron chi connectivity index (χ2n) is 11.5. The summed E-state index contributed by atoms with van der Waals surface area (Å²) in [5, 5.41) is 5.96. The lowest BCUT2D eigenvalue weighted by Crippen LogP contribution is -2.33. The minimum Gasteiger partial charge on any atom is -0.490 e. The Hall–Kier alpha value is -4.38.